The van der Waals surface area contributed by atoms with E-state index in [-0.39, 0.29) is 0 Å². The largest absolute Gasteiger partial charge is 0.356 e. The molecule has 0 spiro atoms. The van der Waals surface area contributed by atoms with Gasteiger partial charge in [-0.1, -0.05) is 116 Å². The van der Waals surface area contributed by atoms with Crippen LogP contribution >= 0.6 is 0 Å². The summed E-state index contributed by atoms with van der Waals surface area (Å²) in [5.41, 5.74) is 6.99. The lowest BCUT2D eigenvalue weighted by atomic mass is 9.99. The number of nitrogens with one attached hydrogen (secondary N) is 1. The molecule has 0 aliphatic rings. The second-order valence-corrected chi connectivity index (χ2v) is 10.4. The molecule has 0 aliphatic carbocycles. The second kappa shape index (κ2) is 18.6. The highest BCUT2D eigenvalue weighted by Gasteiger charge is 2.05. The van der Waals surface area contributed by atoms with Gasteiger partial charge in [-0.25, -0.2) is 0 Å². The SMILES string of the molecule is CCCCCCCc1cccc(Nc2cc(CCCCCCC)cc(CCCCCCC)c2)c1. The van der Waals surface area contributed by atoms with E-state index in [1.807, 2.05) is 0 Å². The van der Waals surface area contributed by atoms with Crippen LogP contribution in [0.2, 0.25) is 0 Å². The van der Waals surface area contributed by atoms with Gasteiger partial charge in [-0.3, -0.25) is 0 Å². The average Bonchev–Trinajstić information content (AvgIpc) is 2.84. The molecule has 2 aromatic rings. The van der Waals surface area contributed by atoms with Crippen molar-refractivity contribution in [3.8, 4) is 0 Å². The standard InChI is InChI=1S/C33H53N/c1-4-7-10-13-16-20-29-23-19-24-32(26-29)34-33-27-30(21-17-14-11-8-5-2)25-31(28-33)22-18-15-12-9-6-3/h19,23-28,34H,4-18,20-22H2,1-3H3. The van der Waals surface area contributed by atoms with Gasteiger partial charge in [-0.2, -0.15) is 0 Å². The predicted molar refractivity (Wildman–Crippen MR) is 154 cm³/mol. The van der Waals surface area contributed by atoms with Gasteiger partial charge in [-0.05, 0) is 79.5 Å². The van der Waals surface area contributed by atoms with Crippen LogP contribution in [0.25, 0.3) is 0 Å². The van der Waals surface area contributed by atoms with Gasteiger partial charge in [0.2, 0.25) is 0 Å². The Morgan fingerprint density at radius 3 is 1.38 bits per heavy atom. The van der Waals surface area contributed by atoms with Gasteiger partial charge in [0.05, 0.1) is 0 Å². The van der Waals surface area contributed by atoms with Crippen LogP contribution < -0.4 is 5.32 Å². The van der Waals surface area contributed by atoms with Gasteiger partial charge in [-0.15, -0.1) is 0 Å². The molecular formula is C33H53N. The number of anilines is 2. The van der Waals surface area contributed by atoms with Gasteiger partial charge in [0.25, 0.3) is 0 Å². The van der Waals surface area contributed by atoms with Crippen LogP contribution in [-0.2, 0) is 19.3 Å². The van der Waals surface area contributed by atoms with Crippen molar-refractivity contribution < 1.29 is 0 Å². The smallest absolute Gasteiger partial charge is 0.0389 e. The molecule has 34 heavy (non-hydrogen) atoms. The van der Waals surface area contributed by atoms with Crippen LogP contribution in [0.5, 0.6) is 0 Å². The molecule has 0 unspecified atom stereocenters. The Balaban J connectivity index is 1.99. The number of rotatable bonds is 20. The van der Waals surface area contributed by atoms with Crippen molar-refractivity contribution in [2.45, 2.75) is 136 Å². The van der Waals surface area contributed by atoms with Gasteiger partial charge in [0, 0.05) is 11.4 Å². The van der Waals surface area contributed by atoms with Crippen molar-refractivity contribution in [2.75, 3.05) is 5.32 Å². The van der Waals surface area contributed by atoms with E-state index in [1.165, 1.54) is 144 Å². The third-order valence-electron chi connectivity index (χ3n) is 6.98. The molecule has 1 heteroatoms. The summed E-state index contributed by atoms with van der Waals surface area (Å²) in [5, 5.41) is 3.76. The third-order valence-corrected chi connectivity index (χ3v) is 6.98. The van der Waals surface area contributed by atoms with Crippen LogP contribution in [-0.4, -0.2) is 0 Å². The highest BCUT2D eigenvalue weighted by Crippen LogP contribution is 2.24. The van der Waals surface area contributed by atoms with E-state index in [0.717, 1.165) is 0 Å². The van der Waals surface area contributed by atoms with Crippen LogP contribution in [0, 0.1) is 0 Å². The molecule has 1 N–H and O–H groups in total. The lowest BCUT2D eigenvalue weighted by molar-refractivity contribution is 0.628. The summed E-state index contributed by atoms with van der Waals surface area (Å²) in [6.07, 6.45) is 23.8. The highest BCUT2D eigenvalue weighted by atomic mass is 14.9. The van der Waals surface area contributed by atoms with Crippen LogP contribution in [0.3, 0.4) is 0 Å². The van der Waals surface area contributed by atoms with Crippen molar-refractivity contribution in [3.63, 3.8) is 0 Å². The Morgan fingerprint density at radius 1 is 0.441 bits per heavy atom. The summed E-state index contributed by atoms with van der Waals surface area (Å²) in [7, 11) is 0. The summed E-state index contributed by atoms with van der Waals surface area (Å²) in [5.74, 6) is 0. The number of hydrogen-bond acceptors (Lipinski definition) is 1. The Kier molecular flexibility index (Phi) is 15.5. The molecule has 0 radical (unpaired) electrons. The molecule has 2 aromatic carbocycles. The molecule has 0 aromatic heterocycles. The molecular weight excluding hydrogens is 410 g/mol. The predicted octanol–water partition coefficient (Wildman–Crippen LogP) is 11.0. The minimum absolute atomic E-state index is 1.19. The first kappa shape index (κ1) is 28.5. The summed E-state index contributed by atoms with van der Waals surface area (Å²) < 4.78 is 0. The molecule has 0 saturated carbocycles. The number of hydrogen-bond donors (Lipinski definition) is 1. The minimum atomic E-state index is 1.19. The maximum atomic E-state index is 3.76. The highest BCUT2D eigenvalue weighted by molar-refractivity contribution is 5.62. The summed E-state index contributed by atoms with van der Waals surface area (Å²) in [6, 6.07) is 16.4. The minimum Gasteiger partial charge on any atom is -0.356 e. The average molecular weight is 464 g/mol. The maximum absolute atomic E-state index is 3.76. The van der Waals surface area contributed by atoms with E-state index in [1.54, 1.807) is 0 Å². The van der Waals surface area contributed by atoms with Gasteiger partial charge in [0.15, 0.2) is 0 Å². The zero-order chi connectivity index (χ0) is 24.3. The molecule has 0 fully saturated rings. The van der Waals surface area contributed by atoms with Crippen LogP contribution in [0.1, 0.15) is 134 Å². The van der Waals surface area contributed by atoms with E-state index < -0.39 is 0 Å². The molecule has 0 saturated heterocycles. The zero-order valence-electron chi connectivity index (χ0n) is 22.8. The third kappa shape index (κ3) is 12.6. The number of benzene rings is 2. The summed E-state index contributed by atoms with van der Waals surface area (Å²) in [6.45, 7) is 6.88. The lowest BCUT2D eigenvalue weighted by Crippen LogP contribution is -1.97. The maximum Gasteiger partial charge on any atom is 0.0389 e. The fourth-order valence-electron chi connectivity index (χ4n) is 4.89. The Labute approximate surface area is 212 Å². The molecule has 0 atom stereocenters. The fraction of sp³-hybridized carbons (Fsp3) is 0.636. The fourth-order valence-corrected chi connectivity index (χ4v) is 4.89. The molecule has 0 amide bonds. The number of aryl methyl sites for hydroxylation is 3. The molecule has 1 nitrogen and oxygen atoms in total. The Hall–Kier alpha value is -1.76. The van der Waals surface area contributed by atoms with E-state index >= 15 is 0 Å². The molecule has 2 rings (SSSR count). The van der Waals surface area contributed by atoms with Crippen LogP contribution in [0.4, 0.5) is 11.4 Å². The Bertz CT molecular complexity index is 731. The zero-order valence-corrected chi connectivity index (χ0v) is 22.8. The van der Waals surface area contributed by atoms with Crippen molar-refractivity contribution in [3.05, 3.63) is 59.2 Å². The second-order valence-electron chi connectivity index (χ2n) is 10.4. The molecule has 0 bridgehead atoms. The number of unbranched alkanes of at least 4 members (excludes halogenated alkanes) is 12. The van der Waals surface area contributed by atoms with E-state index in [9.17, 15) is 0 Å². The van der Waals surface area contributed by atoms with Crippen molar-refractivity contribution in [1.82, 2.24) is 0 Å². The van der Waals surface area contributed by atoms with Gasteiger partial charge < -0.3 is 5.32 Å². The van der Waals surface area contributed by atoms with Crippen molar-refractivity contribution in [2.24, 2.45) is 0 Å². The first-order chi connectivity index (χ1) is 16.7. The van der Waals surface area contributed by atoms with E-state index in [2.05, 4.69) is 68.6 Å². The molecule has 0 heterocycles. The normalized spacial score (nSPS) is 11.1. The van der Waals surface area contributed by atoms with Crippen molar-refractivity contribution in [1.29, 1.82) is 0 Å². The molecule has 0 aliphatic heterocycles. The van der Waals surface area contributed by atoms with Gasteiger partial charge in [0.1, 0.15) is 0 Å². The van der Waals surface area contributed by atoms with Crippen LogP contribution in [0.15, 0.2) is 42.5 Å². The molecule has 190 valence electrons. The monoisotopic (exact) mass is 463 g/mol. The topological polar surface area (TPSA) is 12.0 Å². The van der Waals surface area contributed by atoms with Crippen molar-refractivity contribution >= 4 is 11.4 Å². The Morgan fingerprint density at radius 2 is 0.882 bits per heavy atom. The van der Waals surface area contributed by atoms with Gasteiger partial charge >= 0.3 is 0 Å². The van der Waals surface area contributed by atoms with E-state index in [0.29, 0.717) is 0 Å². The summed E-state index contributed by atoms with van der Waals surface area (Å²) in [4.78, 5) is 0. The summed E-state index contributed by atoms with van der Waals surface area (Å²) >= 11 is 0. The first-order valence-electron chi connectivity index (χ1n) is 14.7. The van der Waals surface area contributed by atoms with E-state index in [4.69, 9.17) is 0 Å². The quantitative estimate of drug-likeness (QED) is 0.192. The first-order valence-corrected chi connectivity index (χ1v) is 14.7. The lowest BCUT2D eigenvalue weighted by Gasteiger charge is -2.13.